The summed E-state index contributed by atoms with van der Waals surface area (Å²) < 4.78 is 16.4. The highest BCUT2D eigenvalue weighted by atomic mass is 16.5. The zero-order valence-corrected chi connectivity index (χ0v) is 13.0. The summed E-state index contributed by atoms with van der Waals surface area (Å²) in [7, 11) is 4.63. The number of carboxylic acids is 1. The third-order valence-electron chi connectivity index (χ3n) is 3.87. The van der Waals surface area contributed by atoms with E-state index in [1.165, 1.54) is 13.2 Å². The lowest BCUT2D eigenvalue weighted by molar-refractivity contribution is -0.131. The summed E-state index contributed by atoms with van der Waals surface area (Å²) in [5.41, 5.74) is 3.95. The summed E-state index contributed by atoms with van der Waals surface area (Å²) >= 11 is 0. The Kier molecular flexibility index (Phi) is 3.70. The summed E-state index contributed by atoms with van der Waals surface area (Å²) in [4.78, 5) is 11.2. The first-order valence-corrected chi connectivity index (χ1v) is 7.00. The summed E-state index contributed by atoms with van der Waals surface area (Å²) in [5.74, 6) is 0.506. The Morgan fingerprint density at radius 3 is 2.17 bits per heavy atom. The van der Waals surface area contributed by atoms with Crippen LogP contribution < -0.4 is 14.2 Å². The van der Waals surface area contributed by atoms with Gasteiger partial charge in [0, 0.05) is 11.6 Å². The Hall–Kier alpha value is -2.95. The van der Waals surface area contributed by atoms with Crippen molar-refractivity contribution >= 4 is 11.5 Å². The maximum absolute atomic E-state index is 11.2. The maximum atomic E-state index is 11.2. The molecule has 2 aromatic rings. The molecule has 0 saturated heterocycles. The van der Waals surface area contributed by atoms with E-state index < -0.39 is 5.97 Å². The Labute approximate surface area is 133 Å². The number of benzene rings is 2. The van der Waals surface area contributed by atoms with Crippen molar-refractivity contribution in [1.29, 1.82) is 0 Å². The van der Waals surface area contributed by atoms with Crippen molar-refractivity contribution in [3.63, 3.8) is 0 Å². The Bertz CT molecular complexity index is 820. The molecular formula is C18H16O5. The van der Waals surface area contributed by atoms with Gasteiger partial charge in [0.2, 0.25) is 5.75 Å². The van der Waals surface area contributed by atoms with Gasteiger partial charge in [0.1, 0.15) is 0 Å². The van der Waals surface area contributed by atoms with E-state index in [2.05, 4.69) is 0 Å². The van der Waals surface area contributed by atoms with Crippen LogP contribution in [0, 0.1) is 0 Å². The normalized spacial score (nSPS) is 13.4. The Morgan fingerprint density at radius 1 is 0.957 bits per heavy atom. The van der Waals surface area contributed by atoms with Crippen molar-refractivity contribution in [3.05, 3.63) is 47.5 Å². The van der Waals surface area contributed by atoms with Crippen molar-refractivity contribution in [2.45, 2.75) is 0 Å². The summed E-state index contributed by atoms with van der Waals surface area (Å²) in [6, 6.07) is 9.39. The monoisotopic (exact) mass is 312 g/mol. The summed E-state index contributed by atoms with van der Waals surface area (Å²) in [6.07, 6.45) is 1.20. The van der Waals surface area contributed by atoms with E-state index in [4.69, 9.17) is 14.2 Å². The molecule has 0 bridgehead atoms. The number of carbonyl (C=O) groups is 1. The lowest BCUT2D eigenvalue weighted by Crippen LogP contribution is -1.98. The van der Waals surface area contributed by atoms with Gasteiger partial charge in [-0.3, -0.25) is 0 Å². The standard InChI is InChI=1S/C18H16O5/c1-21-14-8-13-12(9-15(19)20)10-6-4-5-7-11(10)16(13)18(23-3)17(14)22-2/h4-9H,1-3H3,(H,19,20)/b12-9+. The second-order valence-corrected chi connectivity index (χ2v) is 5.01. The molecule has 5 nitrogen and oxygen atoms in total. The molecule has 1 aliphatic rings. The number of fused-ring (bicyclic) bond motifs is 3. The molecule has 23 heavy (non-hydrogen) atoms. The van der Waals surface area contributed by atoms with Crippen LogP contribution in [0.25, 0.3) is 16.7 Å². The zero-order chi connectivity index (χ0) is 16.6. The van der Waals surface area contributed by atoms with E-state index in [9.17, 15) is 9.90 Å². The second-order valence-electron chi connectivity index (χ2n) is 5.01. The van der Waals surface area contributed by atoms with Crippen molar-refractivity contribution in [2.24, 2.45) is 0 Å². The first kappa shape index (κ1) is 15.0. The molecule has 0 heterocycles. The third kappa shape index (κ3) is 2.21. The largest absolute Gasteiger partial charge is 0.493 e. The molecule has 0 unspecified atom stereocenters. The van der Waals surface area contributed by atoms with Crippen molar-refractivity contribution in [1.82, 2.24) is 0 Å². The van der Waals surface area contributed by atoms with Gasteiger partial charge in [-0.1, -0.05) is 24.3 Å². The maximum Gasteiger partial charge on any atom is 0.328 e. The smallest absolute Gasteiger partial charge is 0.328 e. The van der Waals surface area contributed by atoms with Crippen molar-refractivity contribution in [3.8, 4) is 28.4 Å². The molecule has 0 atom stereocenters. The molecule has 0 spiro atoms. The molecule has 5 heteroatoms. The minimum Gasteiger partial charge on any atom is -0.493 e. The molecular weight excluding hydrogens is 296 g/mol. The fourth-order valence-corrected chi connectivity index (χ4v) is 3.00. The van der Waals surface area contributed by atoms with Gasteiger partial charge in [-0.15, -0.1) is 0 Å². The fraction of sp³-hybridized carbons (Fsp3) is 0.167. The van der Waals surface area contributed by atoms with Gasteiger partial charge >= 0.3 is 5.97 Å². The highest BCUT2D eigenvalue weighted by Gasteiger charge is 2.31. The van der Waals surface area contributed by atoms with Crippen molar-refractivity contribution < 1.29 is 24.1 Å². The molecule has 0 radical (unpaired) electrons. The number of hydrogen-bond acceptors (Lipinski definition) is 4. The van der Waals surface area contributed by atoms with Gasteiger partial charge in [0.15, 0.2) is 11.5 Å². The first-order chi connectivity index (χ1) is 11.1. The van der Waals surface area contributed by atoms with Crippen molar-refractivity contribution in [2.75, 3.05) is 21.3 Å². The van der Waals surface area contributed by atoms with E-state index in [0.29, 0.717) is 22.8 Å². The van der Waals surface area contributed by atoms with Crippen LogP contribution in [-0.4, -0.2) is 32.4 Å². The number of carboxylic acid groups (broad SMARTS) is 1. The SMILES string of the molecule is COc1cc2c(c(OC)c1OC)-c1ccccc1/C2=C\C(=O)O. The van der Waals surface area contributed by atoms with Crippen LogP contribution in [0.4, 0.5) is 0 Å². The molecule has 0 saturated carbocycles. The number of aliphatic carboxylic acids is 1. The first-order valence-electron chi connectivity index (χ1n) is 7.00. The van der Waals surface area contributed by atoms with Crippen LogP contribution in [-0.2, 0) is 4.79 Å². The van der Waals surface area contributed by atoms with Crippen LogP contribution in [0.1, 0.15) is 11.1 Å². The zero-order valence-electron chi connectivity index (χ0n) is 13.0. The van der Waals surface area contributed by atoms with Gasteiger partial charge in [-0.2, -0.15) is 0 Å². The molecule has 1 N–H and O–H groups in total. The molecule has 1 aliphatic carbocycles. The topological polar surface area (TPSA) is 65.0 Å². The molecule has 0 aliphatic heterocycles. The molecule has 0 fully saturated rings. The van der Waals surface area contributed by atoms with E-state index in [1.807, 2.05) is 24.3 Å². The number of hydrogen-bond donors (Lipinski definition) is 1. The van der Waals surface area contributed by atoms with E-state index >= 15 is 0 Å². The predicted molar refractivity (Wildman–Crippen MR) is 86.2 cm³/mol. The van der Waals surface area contributed by atoms with Gasteiger partial charge < -0.3 is 19.3 Å². The summed E-state index contributed by atoms with van der Waals surface area (Å²) in [5, 5.41) is 9.22. The Balaban J connectivity index is 2.43. The van der Waals surface area contributed by atoms with E-state index in [-0.39, 0.29) is 0 Å². The van der Waals surface area contributed by atoms with Crippen LogP contribution in [0.15, 0.2) is 36.4 Å². The highest BCUT2D eigenvalue weighted by molar-refractivity contribution is 6.09. The lowest BCUT2D eigenvalue weighted by Gasteiger charge is -2.16. The minimum atomic E-state index is -1.00. The van der Waals surface area contributed by atoms with Crippen LogP contribution in [0.5, 0.6) is 17.2 Å². The van der Waals surface area contributed by atoms with E-state index in [0.717, 1.165) is 22.3 Å². The average Bonchev–Trinajstić information content (AvgIpc) is 2.86. The van der Waals surface area contributed by atoms with Crippen LogP contribution in [0.2, 0.25) is 0 Å². The Morgan fingerprint density at radius 2 is 1.61 bits per heavy atom. The van der Waals surface area contributed by atoms with Gasteiger partial charge in [-0.25, -0.2) is 4.79 Å². The quantitative estimate of drug-likeness (QED) is 0.749. The highest BCUT2D eigenvalue weighted by Crippen LogP contribution is 2.54. The molecule has 0 aromatic heterocycles. The van der Waals surface area contributed by atoms with Crippen LogP contribution >= 0.6 is 0 Å². The number of rotatable bonds is 4. The molecule has 2 aromatic carbocycles. The molecule has 3 rings (SSSR count). The van der Waals surface area contributed by atoms with Gasteiger partial charge in [0.05, 0.1) is 21.3 Å². The number of ether oxygens (including phenoxy) is 3. The van der Waals surface area contributed by atoms with Gasteiger partial charge in [-0.05, 0) is 28.3 Å². The van der Waals surface area contributed by atoms with Crippen LogP contribution in [0.3, 0.4) is 0 Å². The predicted octanol–water partition coefficient (Wildman–Crippen LogP) is 3.21. The lowest BCUT2D eigenvalue weighted by atomic mass is 10.0. The second kappa shape index (κ2) is 5.68. The average molecular weight is 312 g/mol. The van der Waals surface area contributed by atoms with Gasteiger partial charge in [0.25, 0.3) is 0 Å². The molecule has 118 valence electrons. The fourth-order valence-electron chi connectivity index (χ4n) is 3.00. The summed E-state index contributed by atoms with van der Waals surface area (Å²) in [6.45, 7) is 0. The molecule has 0 amide bonds. The third-order valence-corrected chi connectivity index (χ3v) is 3.87. The number of methoxy groups -OCH3 is 3. The minimum absolute atomic E-state index is 0.486. The van der Waals surface area contributed by atoms with E-state index in [1.54, 1.807) is 20.3 Å².